The van der Waals surface area contributed by atoms with Gasteiger partial charge in [0, 0.05) is 17.5 Å². The highest BCUT2D eigenvalue weighted by Crippen LogP contribution is 2.20. The van der Waals surface area contributed by atoms with Crippen molar-refractivity contribution >= 4 is 17.0 Å². The molecule has 18 heavy (non-hydrogen) atoms. The summed E-state index contributed by atoms with van der Waals surface area (Å²) in [6, 6.07) is 6.29. The van der Waals surface area contributed by atoms with E-state index < -0.39 is 4.92 Å². The third-order valence-electron chi connectivity index (χ3n) is 2.62. The van der Waals surface area contributed by atoms with Gasteiger partial charge >= 0.3 is 0 Å². The maximum atomic E-state index is 10.5. The zero-order valence-electron chi connectivity index (χ0n) is 9.87. The van der Waals surface area contributed by atoms with Gasteiger partial charge in [-0.2, -0.15) is 0 Å². The van der Waals surface area contributed by atoms with Crippen molar-refractivity contribution in [2.75, 3.05) is 0 Å². The lowest BCUT2D eigenvalue weighted by molar-refractivity contribution is -0.384. The van der Waals surface area contributed by atoms with E-state index in [1.54, 1.807) is 23.5 Å². The van der Waals surface area contributed by atoms with Gasteiger partial charge in [0.25, 0.3) is 5.69 Å². The third kappa shape index (κ3) is 2.91. The Labute approximate surface area is 108 Å². The lowest BCUT2D eigenvalue weighted by Crippen LogP contribution is -2.13. The number of nitro benzene ring substituents is 1. The first-order chi connectivity index (χ1) is 8.56. The van der Waals surface area contributed by atoms with E-state index in [1.165, 1.54) is 12.1 Å². The Bertz CT molecular complexity index is 551. The van der Waals surface area contributed by atoms with Crippen LogP contribution in [0.2, 0.25) is 0 Å². The summed E-state index contributed by atoms with van der Waals surface area (Å²) in [5, 5.41) is 13.5. The first-order valence-corrected chi connectivity index (χ1v) is 6.35. The summed E-state index contributed by atoms with van der Waals surface area (Å²) >= 11 is 1.57. The molecule has 5 nitrogen and oxygen atoms in total. The fraction of sp³-hybridized carbons (Fsp3) is 0.250. The molecule has 2 aromatic rings. The molecule has 0 fully saturated rings. The van der Waals surface area contributed by atoms with Crippen LogP contribution >= 0.6 is 11.3 Å². The van der Waals surface area contributed by atoms with Gasteiger partial charge in [0.05, 0.1) is 21.7 Å². The van der Waals surface area contributed by atoms with Gasteiger partial charge in [-0.05, 0) is 18.9 Å². The van der Waals surface area contributed by atoms with Crippen LogP contribution in [0.4, 0.5) is 5.69 Å². The lowest BCUT2D eigenvalue weighted by Gasteiger charge is -2.08. The summed E-state index contributed by atoms with van der Waals surface area (Å²) < 4.78 is 0. The van der Waals surface area contributed by atoms with E-state index in [-0.39, 0.29) is 11.7 Å². The molecule has 1 aromatic heterocycles. The van der Waals surface area contributed by atoms with Gasteiger partial charge in [-0.15, -0.1) is 11.3 Å². The molecule has 0 spiro atoms. The summed E-state index contributed by atoms with van der Waals surface area (Å²) in [7, 11) is 0. The SMILES string of the molecule is Cc1nc(C(N)Cc2ccc([N+](=O)[O-])cc2)cs1. The average molecular weight is 263 g/mol. The van der Waals surface area contributed by atoms with Gasteiger partial charge in [0.2, 0.25) is 0 Å². The number of aromatic nitrogens is 1. The molecule has 0 aliphatic rings. The van der Waals surface area contributed by atoms with E-state index in [1.807, 2.05) is 12.3 Å². The molecule has 0 saturated carbocycles. The summed E-state index contributed by atoms with van der Waals surface area (Å²) in [4.78, 5) is 14.5. The third-order valence-corrected chi connectivity index (χ3v) is 3.41. The quantitative estimate of drug-likeness (QED) is 0.679. The Kier molecular flexibility index (Phi) is 3.69. The number of hydrogen-bond donors (Lipinski definition) is 1. The molecule has 0 radical (unpaired) electrons. The van der Waals surface area contributed by atoms with Crippen molar-refractivity contribution in [1.82, 2.24) is 4.98 Å². The predicted octanol–water partition coefficient (Wildman–Crippen LogP) is 2.60. The van der Waals surface area contributed by atoms with E-state index in [0.29, 0.717) is 6.42 Å². The van der Waals surface area contributed by atoms with Crippen LogP contribution < -0.4 is 5.73 Å². The van der Waals surface area contributed by atoms with Gasteiger partial charge in [-0.3, -0.25) is 10.1 Å². The fourth-order valence-electron chi connectivity index (χ4n) is 1.66. The number of benzene rings is 1. The second kappa shape index (κ2) is 5.24. The second-order valence-corrected chi connectivity index (χ2v) is 5.09. The Hall–Kier alpha value is -1.79. The van der Waals surface area contributed by atoms with Crippen LogP contribution in [-0.4, -0.2) is 9.91 Å². The van der Waals surface area contributed by atoms with E-state index in [9.17, 15) is 10.1 Å². The van der Waals surface area contributed by atoms with Crippen LogP contribution in [0.3, 0.4) is 0 Å². The standard InChI is InChI=1S/C12H13N3O2S/c1-8-14-12(7-18-8)11(13)6-9-2-4-10(5-3-9)15(16)17/h2-5,7,11H,6,13H2,1H3. The van der Waals surface area contributed by atoms with Crippen molar-refractivity contribution < 1.29 is 4.92 Å². The molecule has 6 heteroatoms. The highest BCUT2D eigenvalue weighted by Gasteiger charge is 2.11. The number of nitrogens with zero attached hydrogens (tertiary/aromatic N) is 2. The minimum absolute atomic E-state index is 0.0943. The molecule has 1 heterocycles. The van der Waals surface area contributed by atoms with Crippen molar-refractivity contribution in [2.24, 2.45) is 5.73 Å². The Morgan fingerprint density at radius 2 is 2.11 bits per heavy atom. The van der Waals surface area contributed by atoms with Crippen LogP contribution in [0.15, 0.2) is 29.6 Å². The molecule has 0 bridgehead atoms. The molecular weight excluding hydrogens is 250 g/mol. The topological polar surface area (TPSA) is 82.0 Å². The van der Waals surface area contributed by atoms with Crippen molar-refractivity contribution in [3.05, 3.63) is 56.0 Å². The average Bonchev–Trinajstić information content (AvgIpc) is 2.76. The zero-order chi connectivity index (χ0) is 13.1. The summed E-state index contributed by atoms with van der Waals surface area (Å²) in [6.45, 7) is 1.94. The normalized spacial score (nSPS) is 12.3. The number of non-ortho nitro benzene ring substituents is 1. The van der Waals surface area contributed by atoms with Crippen molar-refractivity contribution in [1.29, 1.82) is 0 Å². The van der Waals surface area contributed by atoms with Gasteiger partial charge in [0.1, 0.15) is 0 Å². The highest BCUT2D eigenvalue weighted by molar-refractivity contribution is 7.09. The molecule has 2 rings (SSSR count). The second-order valence-electron chi connectivity index (χ2n) is 4.03. The van der Waals surface area contributed by atoms with Crippen LogP contribution in [0.5, 0.6) is 0 Å². The molecule has 94 valence electrons. The first kappa shape index (κ1) is 12.7. The van der Waals surface area contributed by atoms with Crippen LogP contribution in [0.25, 0.3) is 0 Å². The lowest BCUT2D eigenvalue weighted by atomic mass is 10.0. The zero-order valence-corrected chi connectivity index (χ0v) is 10.7. The number of aryl methyl sites for hydroxylation is 1. The van der Waals surface area contributed by atoms with Gasteiger partial charge in [0.15, 0.2) is 0 Å². The number of nitro groups is 1. The molecule has 0 saturated heterocycles. The molecule has 0 aliphatic carbocycles. The predicted molar refractivity (Wildman–Crippen MR) is 70.6 cm³/mol. The molecule has 1 unspecified atom stereocenters. The van der Waals surface area contributed by atoms with Crippen LogP contribution in [0, 0.1) is 17.0 Å². The number of hydrogen-bond acceptors (Lipinski definition) is 5. The van der Waals surface area contributed by atoms with E-state index >= 15 is 0 Å². The number of rotatable bonds is 4. The van der Waals surface area contributed by atoms with E-state index in [4.69, 9.17) is 5.73 Å². The maximum absolute atomic E-state index is 10.5. The van der Waals surface area contributed by atoms with Gasteiger partial charge in [-0.25, -0.2) is 4.98 Å². The first-order valence-electron chi connectivity index (χ1n) is 5.47. The minimum atomic E-state index is -0.409. The molecule has 1 aromatic carbocycles. The molecule has 2 N–H and O–H groups in total. The van der Waals surface area contributed by atoms with Crippen LogP contribution in [0.1, 0.15) is 22.3 Å². The van der Waals surface area contributed by atoms with Crippen molar-refractivity contribution in [3.63, 3.8) is 0 Å². The smallest absolute Gasteiger partial charge is 0.269 e. The summed E-state index contributed by atoms with van der Waals surface area (Å²) in [6.07, 6.45) is 0.626. The summed E-state index contributed by atoms with van der Waals surface area (Å²) in [5.41, 5.74) is 7.99. The maximum Gasteiger partial charge on any atom is 0.269 e. The molecule has 1 atom stereocenters. The molecular formula is C12H13N3O2S. The monoisotopic (exact) mass is 263 g/mol. The summed E-state index contributed by atoms with van der Waals surface area (Å²) in [5.74, 6) is 0. The number of nitrogens with two attached hydrogens (primary N) is 1. The van der Waals surface area contributed by atoms with Crippen molar-refractivity contribution in [3.8, 4) is 0 Å². The Morgan fingerprint density at radius 1 is 1.44 bits per heavy atom. The van der Waals surface area contributed by atoms with Crippen molar-refractivity contribution in [2.45, 2.75) is 19.4 Å². The fourth-order valence-corrected chi connectivity index (χ4v) is 2.34. The van der Waals surface area contributed by atoms with Gasteiger partial charge < -0.3 is 5.73 Å². The van der Waals surface area contributed by atoms with E-state index in [0.717, 1.165) is 16.3 Å². The highest BCUT2D eigenvalue weighted by atomic mass is 32.1. The van der Waals surface area contributed by atoms with Gasteiger partial charge in [-0.1, -0.05) is 12.1 Å². The Morgan fingerprint density at radius 3 is 2.61 bits per heavy atom. The van der Waals surface area contributed by atoms with E-state index in [2.05, 4.69) is 4.98 Å². The molecule has 0 amide bonds. The van der Waals surface area contributed by atoms with Crippen LogP contribution in [-0.2, 0) is 6.42 Å². The minimum Gasteiger partial charge on any atom is -0.322 e. The largest absolute Gasteiger partial charge is 0.322 e. The Balaban J connectivity index is 2.07. The number of thiazole rings is 1. The molecule has 0 aliphatic heterocycles.